The van der Waals surface area contributed by atoms with Gasteiger partial charge in [0.15, 0.2) is 0 Å². The van der Waals surface area contributed by atoms with Crippen molar-refractivity contribution < 1.29 is 9.59 Å². The molecule has 1 aliphatic carbocycles. The molecule has 0 aromatic carbocycles. The second-order valence-corrected chi connectivity index (χ2v) is 6.18. The van der Waals surface area contributed by atoms with Gasteiger partial charge in [0.1, 0.15) is 12.0 Å². The Balaban J connectivity index is 2.08. The molecule has 21 heavy (non-hydrogen) atoms. The van der Waals surface area contributed by atoms with E-state index in [4.69, 9.17) is 0 Å². The van der Waals surface area contributed by atoms with Gasteiger partial charge < -0.3 is 10.1 Å². The summed E-state index contributed by atoms with van der Waals surface area (Å²) in [7, 11) is 0. The zero-order valence-electron chi connectivity index (χ0n) is 13.1. The van der Waals surface area contributed by atoms with Crippen LogP contribution >= 0.6 is 0 Å². The van der Waals surface area contributed by atoms with Gasteiger partial charge in [0.2, 0.25) is 0 Å². The highest BCUT2D eigenvalue weighted by Crippen LogP contribution is 2.40. The first-order valence-corrected chi connectivity index (χ1v) is 7.88. The van der Waals surface area contributed by atoms with Crippen LogP contribution in [0.25, 0.3) is 0 Å². The maximum atomic E-state index is 12.4. The third kappa shape index (κ3) is 3.71. The molecule has 0 saturated heterocycles. The Morgan fingerprint density at radius 2 is 2.24 bits per heavy atom. The van der Waals surface area contributed by atoms with Crippen molar-refractivity contribution in [2.75, 3.05) is 0 Å². The Morgan fingerprint density at radius 3 is 2.76 bits per heavy atom. The molecule has 0 radical (unpaired) electrons. The summed E-state index contributed by atoms with van der Waals surface area (Å²) < 4.78 is 1.68. The van der Waals surface area contributed by atoms with Crippen LogP contribution in [0.2, 0.25) is 0 Å². The number of aromatic nitrogens is 2. The molecule has 1 fully saturated rings. The molecule has 1 aliphatic rings. The van der Waals surface area contributed by atoms with E-state index in [9.17, 15) is 9.59 Å². The maximum Gasteiger partial charge on any atom is 0.270 e. The lowest BCUT2D eigenvalue weighted by Crippen LogP contribution is -2.43. The molecule has 1 N–H and O–H groups in total. The molecule has 2 rings (SSSR count). The first kappa shape index (κ1) is 15.7. The van der Waals surface area contributed by atoms with E-state index in [-0.39, 0.29) is 23.9 Å². The summed E-state index contributed by atoms with van der Waals surface area (Å²) in [5.74, 6) is 0.655. The van der Waals surface area contributed by atoms with Crippen LogP contribution in [0.3, 0.4) is 0 Å². The minimum Gasteiger partial charge on any atom is -0.341 e. The lowest BCUT2D eigenvalue weighted by atomic mass is 9.90. The third-order valence-corrected chi connectivity index (χ3v) is 4.15. The molecule has 1 amide bonds. The Kier molecular flexibility index (Phi) is 5.15. The molecule has 2 atom stereocenters. The zero-order chi connectivity index (χ0) is 15.4. The van der Waals surface area contributed by atoms with Crippen LogP contribution < -0.4 is 5.32 Å². The second-order valence-electron chi connectivity index (χ2n) is 6.18. The average molecular weight is 291 g/mol. The van der Waals surface area contributed by atoms with Crippen molar-refractivity contribution in [2.24, 2.45) is 11.8 Å². The highest BCUT2D eigenvalue weighted by atomic mass is 16.2. The van der Waals surface area contributed by atoms with Gasteiger partial charge in [0, 0.05) is 12.2 Å². The Hall–Kier alpha value is -1.65. The fourth-order valence-corrected chi connectivity index (χ4v) is 2.94. The first-order valence-electron chi connectivity index (χ1n) is 7.88. The highest BCUT2D eigenvalue weighted by Gasteiger charge is 2.36. The molecule has 2 unspecified atom stereocenters. The molecular formula is C16H25N3O2. The number of nitrogens with zero attached hydrogens (tertiary/aromatic N) is 2. The smallest absolute Gasteiger partial charge is 0.270 e. The number of amides is 1. The van der Waals surface area contributed by atoms with Crippen molar-refractivity contribution in [3.63, 3.8) is 0 Å². The number of carbonyl (C=O) groups excluding carboxylic acids is 2. The van der Waals surface area contributed by atoms with E-state index in [0.717, 1.165) is 19.1 Å². The van der Waals surface area contributed by atoms with E-state index in [1.807, 2.05) is 13.8 Å². The van der Waals surface area contributed by atoms with Gasteiger partial charge in [-0.05, 0) is 51.0 Å². The predicted molar refractivity (Wildman–Crippen MR) is 81.1 cm³/mol. The van der Waals surface area contributed by atoms with Gasteiger partial charge in [-0.3, -0.25) is 9.48 Å². The van der Waals surface area contributed by atoms with Gasteiger partial charge in [-0.15, -0.1) is 0 Å². The normalized spacial score (nSPS) is 17.5. The summed E-state index contributed by atoms with van der Waals surface area (Å²) in [6, 6.07) is 1.43. The van der Waals surface area contributed by atoms with Crippen LogP contribution in [-0.2, 0) is 4.79 Å². The van der Waals surface area contributed by atoms with Gasteiger partial charge >= 0.3 is 0 Å². The molecule has 0 aliphatic heterocycles. The van der Waals surface area contributed by atoms with Crippen molar-refractivity contribution in [1.82, 2.24) is 15.1 Å². The van der Waals surface area contributed by atoms with E-state index in [0.29, 0.717) is 11.6 Å². The van der Waals surface area contributed by atoms with Crippen molar-refractivity contribution >= 4 is 12.2 Å². The molecule has 0 bridgehead atoms. The minimum absolute atomic E-state index is 0.116. The number of hydrogen-bond donors (Lipinski definition) is 1. The lowest BCUT2D eigenvalue weighted by molar-refractivity contribution is -0.110. The van der Waals surface area contributed by atoms with E-state index in [1.54, 1.807) is 16.9 Å². The second kappa shape index (κ2) is 6.87. The standard InChI is InChI=1S/C16H25N3O2/c1-4-5-13(12-6-7-12)14(10-20)18-16(21)15-8-9-17-19(15)11(2)3/h8-14H,4-7H2,1-3H3,(H,18,21). The summed E-state index contributed by atoms with van der Waals surface area (Å²) in [4.78, 5) is 23.9. The Bertz CT molecular complexity index is 491. The van der Waals surface area contributed by atoms with E-state index in [1.165, 1.54) is 12.8 Å². The molecule has 5 nitrogen and oxygen atoms in total. The van der Waals surface area contributed by atoms with Crippen LogP contribution in [0.5, 0.6) is 0 Å². The van der Waals surface area contributed by atoms with Crippen LogP contribution in [0.4, 0.5) is 0 Å². The number of rotatable bonds is 8. The molecular weight excluding hydrogens is 266 g/mol. The number of nitrogens with one attached hydrogen (secondary N) is 1. The van der Waals surface area contributed by atoms with Crippen molar-refractivity contribution in [3.05, 3.63) is 18.0 Å². The van der Waals surface area contributed by atoms with Gasteiger partial charge in [0.05, 0.1) is 6.04 Å². The van der Waals surface area contributed by atoms with Crippen molar-refractivity contribution in [1.29, 1.82) is 0 Å². The fourth-order valence-electron chi connectivity index (χ4n) is 2.94. The van der Waals surface area contributed by atoms with Crippen molar-refractivity contribution in [3.8, 4) is 0 Å². The molecule has 116 valence electrons. The van der Waals surface area contributed by atoms with Gasteiger partial charge in [-0.2, -0.15) is 5.10 Å². The number of aldehydes is 1. The largest absolute Gasteiger partial charge is 0.341 e. The lowest BCUT2D eigenvalue weighted by Gasteiger charge is -2.23. The summed E-state index contributed by atoms with van der Waals surface area (Å²) >= 11 is 0. The molecule has 1 saturated carbocycles. The van der Waals surface area contributed by atoms with E-state index < -0.39 is 0 Å². The summed E-state index contributed by atoms with van der Waals surface area (Å²) in [6.07, 6.45) is 6.88. The maximum absolute atomic E-state index is 12.4. The monoisotopic (exact) mass is 291 g/mol. The summed E-state index contributed by atoms with van der Waals surface area (Å²) in [5.41, 5.74) is 0.517. The van der Waals surface area contributed by atoms with Crippen LogP contribution in [0.15, 0.2) is 12.3 Å². The van der Waals surface area contributed by atoms with E-state index >= 15 is 0 Å². The highest BCUT2D eigenvalue weighted by molar-refractivity contribution is 5.94. The Morgan fingerprint density at radius 1 is 1.52 bits per heavy atom. The van der Waals surface area contributed by atoms with Gasteiger partial charge in [-0.25, -0.2) is 0 Å². The van der Waals surface area contributed by atoms with Gasteiger partial charge in [-0.1, -0.05) is 13.3 Å². The third-order valence-electron chi connectivity index (χ3n) is 4.15. The van der Waals surface area contributed by atoms with Gasteiger partial charge in [0.25, 0.3) is 5.91 Å². The zero-order valence-corrected chi connectivity index (χ0v) is 13.1. The topological polar surface area (TPSA) is 64.0 Å². The quantitative estimate of drug-likeness (QED) is 0.749. The SMILES string of the molecule is CCCC(C1CC1)C(C=O)NC(=O)c1ccnn1C(C)C. The summed E-state index contributed by atoms with van der Waals surface area (Å²) in [5, 5.41) is 7.07. The molecule has 1 heterocycles. The van der Waals surface area contributed by atoms with Crippen LogP contribution in [0.1, 0.15) is 63.0 Å². The molecule has 1 aromatic rings. The molecule has 5 heteroatoms. The number of hydrogen-bond acceptors (Lipinski definition) is 3. The number of carbonyl (C=O) groups is 2. The molecule has 1 aromatic heterocycles. The van der Waals surface area contributed by atoms with E-state index in [2.05, 4.69) is 17.3 Å². The average Bonchev–Trinajstić information content (AvgIpc) is 3.17. The van der Waals surface area contributed by atoms with Crippen molar-refractivity contribution in [2.45, 2.75) is 58.5 Å². The van der Waals surface area contributed by atoms with Crippen LogP contribution in [-0.4, -0.2) is 28.0 Å². The molecule has 0 spiro atoms. The minimum atomic E-state index is -0.388. The first-order chi connectivity index (χ1) is 10.1. The van der Waals surface area contributed by atoms with Crippen LogP contribution in [0, 0.1) is 11.8 Å². The summed E-state index contributed by atoms with van der Waals surface area (Å²) in [6.45, 7) is 6.07. The fraction of sp³-hybridized carbons (Fsp3) is 0.688. The Labute approximate surface area is 126 Å². The predicted octanol–water partition coefficient (Wildman–Crippen LogP) is 2.59.